The van der Waals surface area contributed by atoms with Gasteiger partial charge >= 0.3 is 0 Å². The summed E-state index contributed by atoms with van der Waals surface area (Å²) in [4.78, 5) is 13.8. The number of aromatic nitrogens is 3. The third kappa shape index (κ3) is 2.57. The number of fused-ring (bicyclic) bond motifs is 1. The van der Waals surface area contributed by atoms with E-state index in [2.05, 4.69) is 47.3 Å². The molecule has 0 aliphatic carbocycles. The minimum Gasteiger partial charge on any atom is -0.362 e. The third-order valence-corrected chi connectivity index (χ3v) is 4.95. The Labute approximate surface area is 144 Å². The number of aryl methyl sites for hydroxylation is 1. The number of aromatic amines is 1. The van der Waals surface area contributed by atoms with Crippen molar-refractivity contribution in [3.05, 3.63) is 53.7 Å². The van der Waals surface area contributed by atoms with Crippen LogP contribution in [0.4, 0.5) is 5.13 Å². The Morgan fingerprint density at radius 1 is 1.17 bits per heavy atom. The summed E-state index contributed by atoms with van der Waals surface area (Å²) < 4.78 is 0. The maximum absolute atomic E-state index is 4.75. The molecular weight excluding hydrogens is 316 g/mol. The predicted molar refractivity (Wildman–Crippen MR) is 102 cm³/mol. The van der Waals surface area contributed by atoms with Crippen LogP contribution < -0.4 is 5.32 Å². The Morgan fingerprint density at radius 2 is 2.00 bits per heavy atom. The number of hydrogen-bond donors (Lipinski definition) is 2. The van der Waals surface area contributed by atoms with Crippen LogP contribution >= 0.6 is 11.3 Å². The average molecular weight is 334 g/mol. The molecule has 3 aromatic heterocycles. The molecule has 0 fully saturated rings. The highest BCUT2D eigenvalue weighted by Gasteiger charge is 2.15. The monoisotopic (exact) mass is 334 g/mol. The Morgan fingerprint density at radius 3 is 2.79 bits per heavy atom. The Kier molecular flexibility index (Phi) is 3.78. The second kappa shape index (κ2) is 6.09. The van der Waals surface area contributed by atoms with Crippen molar-refractivity contribution in [2.24, 2.45) is 0 Å². The van der Waals surface area contributed by atoms with E-state index in [1.165, 1.54) is 10.4 Å². The molecule has 0 unspecified atom stereocenters. The molecular formula is C19H18N4S. The predicted octanol–water partition coefficient (Wildman–Crippen LogP) is 5.09. The number of H-pyrrole nitrogens is 1. The summed E-state index contributed by atoms with van der Waals surface area (Å²) in [5.41, 5.74) is 5.30. The van der Waals surface area contributed by atoms with Crippen molar-refractivity contribution in [2.75, 3.05) is 11.9 Å². The van der Waals surface area contributed by atoms with Gasteiger partial charge < -0.3 is 10.3 Å². The van der Waals surface area contributed by atoms with Crippen molar-refractivity contribution in [1.82, 2.24) is 15.0 Å². The van der Waals surface area contributed by atoms with E-state index >= 15 is 0 Å². The van der Waals surface area contributed by atoms with Gasteiger partial charge in [0.15, 0.2) is 5.13 Å². The summed E-state index contributed by atoms with van der Waals surface area (Å²) in [5.74, 6) is 0. The SMILES string of the molecule is CCNc1nc(-c2c[nH]c3ncc(-c4ccccc4)cc23)c(C)s1. The van der Waals surface area contributed by atoms with Gasteiger partial charge in [-0.05, 0) is 25.5 Å². The number of pyridine rings is 1. The van der Waals surface area contributed by atoms with Gasteiger partial charge in [-0.3, -0.25) is 0 Å². The van der Waals surface area contributed by atoms with Crippen molar-refractivity contribution in [3.8, 4) is 22.4 Å². The zero-order chi connectivity index (χ0) is 16.5. The maximum atomic E-state index is 4.75. The van der Waals surface area contributed by atoms with Gasteiger partial charge in [-0.2, -0.15) is 0 Å². The van der Waals surface area contributed by atoms with Crippen molar-refractivity contribution >= 4 is 27.5 Å². The van der Waals surface area contributed by atoms with Gasteiger partial charge in [-0.15, -0.1) is 11.3 Å². The lowest BCUT2D eigenvalue weighted by Crippen LogP contribution is -1.94. The first-order chi connectivity index (χ1) is 11.8. The first-order valence-corrected chi connectivity index (χ1v) is 8.82. The van der Waals surface area contributed by atoms with Crippen molar-refractivity contribution in [2.45, 2.75) is 13.8 Å². The fourth-order valence-electron chi connectivity index (χ4n) is 2.86. The molecule has 5 heteroatoms. The van der Waals surface area contributed by atoms with E-state index in [1.54, 1.807) is 11.3 Å². The Balaban J connectivity index is 1.85. The lowest BCUT2D eigenvalue weighted by Gasteiger charge is -2.02. The van der Waals surface area contributed by atoms with Gasteiger partial charge in [-0.25, -0.2) is 9.97 Å². The van der Waals surface area contributed by atoms with E-state index in [0.717, 1.165) is 39.5 Å². The molecule has 0 saturated carbocycles. The number of hydrogen-bond acceptors (Lipinski definition) is 4. The third-order valence-electron chi connectivity index (χ3n) is 4.02. The smallest absolute Gasteiger partial charge is 0.183 e. The molecule has 0 spiro atoms. The number of rotatable bonds is 4. The first kappa shape index (κ1) is 14.9. The molecule has 0 atom stereocenters. The zero-order valence-electron chi connectivity index (χ0n) is 13.6. The molecule has 24 heavy (non-hydrogen) atoms. The molecule has 0 radical (unpaired) electrons. The highest BCUT2D eigenvalue weighted by Crippen LogP contribution is 2.35. The van der Waals surface area contributed by atoms with E-state index in [-0.39, 0.29) is 0 Å². The van der Waals surface area contributed by atoms with Crippen LogP contribution in [0.5, 0.6) is 0 Å². The lowest BCUT2D eigenvalue weighted by atomic mass is 10.0. The fraction of sp³-hybridized carbons (Fsp3) is 0.158. The molecule has 120 valence electrons. The topological polar surface area (TPSA) is 53.6 Å². The van der Waals surface area contributed by atoms with Crippen LogP contribution in [0.3, 0.4) is 0 Å². The van der Waals surface area contributed by atoms with E-state index in [4.69, 9.17) is 4.98 Å². The Hall–Kier alpha value is -2.66. The van der Waals surface area contributed by atoms with Crippen LogP contribution in [-0.2, 0) is 0 Å². The van der Waals surface area contributed by atoms with Crippen LogP contribution in [0, 0.1) is 6.92 Å². The van der Waals surface area contributed by atoms with Gasteiger partial charge in [0.05, 0.1) is 5.69 Å². The molecule has 0 aliphatic rings. The standard InChI is InChI=1S/C19H18N4S/c1-3-20-19-23-17(12(2)24-19)16-11-22-18-15(16)9-14(10-21-18)13-7-5-4-6-8-13/h4-11H,3H2,1-2H3,(H,20,23)(H,21,22). The first-order valence-electron chi connectivity index (χ1n) is 8.00. The molecule has 0 saturated heterocycles. The molecule has 3 heterocycles. The Bertz CT molecular complexity index is 985. The van der Waals surface area contributed by atoms with Crippen LogP contribution in [0.15, 0.2) is 48.8 Å². The van der Waals surface area contributed by atoms with Crippen LogP contribution in [0.2, 0.25) is 0 Å². The number of benzene rings is 1. The minimum absolute atomic E-state index is 0.875. The summed E-state index contributed by atoms with van der Waals surface area (Å²) in [5, 5.41) is 5.37. The van der Waals surface area contributed by atoms with E-state index in [9.17, 15) is 0 Å². The molecule has 0 bridgehead atoms. The molecule has 4 aromatic rings. The highest BCUT2D eigenvalue weighted by atomic mass is 32.1. The summed E-state index contributed by atoms with van der Waals surface area (Å²) in [6.07, 6.45) is 3.92. The molecule has 0 amide bonds. The summed E-state index contributed by atoms with van der Waals surface area (Å²) in [6.45, 7) is 5.07. The number of nitrogens with zero attached hydrogens (tertiary/aromatic N) is 2. The molecule has 0 aliphatic heterocycles. The maximum Gasteiger partial charge on any atom is 0.183 e. The largest absolute Gasteiger partial charge is 0.362 e. The minimum atomic E-state index is 0.875. The van der Waals surface area contributed by atoms with Crippen molar-refractivity contribution < 1.29 is 0 Å². The van der Waals surface area contributed by atoms with Crippen LogP contribution in [-0.4, -0.2) is 21.5 Å². The summed E-state index contributed by atoms with van der Waals surface area (Å²) in [7, 11) is 0. The highest BCUT2D eigenvalue weighted by molar-refractivity contribution is 7.16. The molecule has 4 nitrogen and oxygen atoms in total. The van der Waals surface area contributed by atoms with Gasteiger partial charge in [0.25, 0.3) is 0 Å². The van der Waals surface area contributed by atoms with Crippen molar-refractivity contribution in [3.63, 3.8) is 0 Å². The van der Waals surface area contributed by atoms with Crippen LogP contribution in [0.25, 0.3) is 33.4 Å². The number of anilines is 1. The van der Waals surface area contributed by atoms with Gasteiger partial charge in [0.1, 0.15) is 5.65 Å². The molecule has 1 aromatic carbocycles. The molecule has 4 rings (SSSR count). The van der Waals surface area contributed by atoms with Crippen LogP contribution in [0.1, 0.15) is 11.8 Å². The average Bonchev–Trinajstić information content (AvgIpc) is 3.18. The second-order valence-electron chi connectivity index (χ2n) is 5.64. The number of nitrogens with one attached hydrogen (secondary N) is 2. The van der Waals surface area contributed by atoms with E-state index < -0.39 is 0 Å². The fourth-order valence-corrected chi connectivity index (χ4v) is 3.76. The summed E-state index contributed by atoms with van der Waals surface area (Å²) in [6, 6.07) is 12.5. The number of thiazole rings is 1. The lowest BCUT2D eigenvalue weighted by molar-refractivity contribution is 1.19. The van der Waals surface area contributed by atoms with Crippen molar-refractivity contribution in [1.29, 1.82) is 0 Å². The van der Waals surface area contributed by atoms with Gasteiger partial charge in [0, 0.05) is 40.3 Å². The second-order valence-corrected chi connectivity index (χ2v) is 6.85. The normalized spacial score (nSPS) is 11.1. The van der Waals surface area contributed by atoms with Gasteiger partial charge in [0.2, 0.25) is 0 Å². The quantitative estimate of drug-likeness (QED) is 0.546. The summed E-state index contributed by atoms with van der Waals surface area (Å²) >= 11 is 1.69. The van der Waals surface area contributed by atoms with Gasteiger partial charge in [-0.1, -0.05) is 30.3 Å². The van der Waals surface area contributed by atoms with E-state index in [1.807, 2.05) is 30.6 Å². The molecule has 2 N–H and O–H groups in total. The van der Waals surface area contributed by atoms with E-state index in [0.29, 0.717) is 0 Å². The zero-order valence-corrected chi connectivity index (χ0v) is 14.4.